The number of Topliss-reactive ketones (excluding diaryl/α,β-unsaturated/α-hetero) is 1. The van der Waals surface area contributed by atoms with Gasteiger partial charge in [0.05, 0.1) is 0 Å². The van der Waals surface area contributed by atoms with Gasteiger partial charge in [-0.15, -0.1) is 0 Å². The van der Waals surface area contributed by atoms with Gasteiger partial charge in [-0.2, -0.15) is 0 Å². The molecule has 0 atom stereocenters. The highest BCUT2D eigenvalue weighted by atomic mass is 19.1. The summed E-state index contributed by atoms with van der Waals surface area (Å²) in [5, 5.41) is 0. The number of carbonyl (C=O) groups excluding carboxylic acids is 1. The summed E-state index contributed by atoms with van der Waals surface area (Å²) in [7, 11) is 0. The first-order valence-electron chi connectivity index (χ1n) is 5.69. The van der Waals surface area contributed by atoms with Crippen LogP contribution in [0.3, 0.4) is 0 Å². The number of rotatable bonds is 4. The van der Waals surface area contributed by atoms with E-state index in [4.69, 9.17) is 0 Å². The van der Waals surface area contributed by atoms with Crippen molar-refractivity contribution in [3.63, 3.8) is 0 Å². The number of hydrogen-bond donors (Lipinski definition) is 0. The molecule has 0 N–H and O–H groups in total. The van der Waals surface area contributed by atoms with E-state index in [1.54, 1.807) is 24.3 Å². The van der Waals surface area contributed by atoms with Crippen molar-refractivity contribution in [1.82, 2.24) is 0 Å². The summed E-state index contributed by atoms with van der Waals surface area (Å²) in [6.45, 7) is 0. The second-order valence-electron chi connectivity index (χ2n) is 4.02. The maximum Gasteiger partial charge on any atom is 0.163 e. The monoisotopic (exact) mass is 246 g/mol. The summed E-state index contributed by atoms with van der Waals surface area (Å²) in [6, 6.07) is 12.3. The molecule has 1 nitrogen and oxygen atoms in total. The number of ketones is 1. The van der Waals surface area contributed by atoms with Gasteiger partial charge in [0.25, 0.3) is 0 Å². The molecule has 0 bridgehead atoms. The second kappa shape index (κ2) is 5.54. The highest BCUT2D eigenvalue weighted by Gasteiger charge is 2.08. The minimum Gasteiger partial charge on any atom is -0.294 e. The van der Waals surface area contributed by atoms with E-state index in [9.17, 15) is 13.6 Å². The van der Waals surface area contributed by atoms with Crippen molar-refractivity contribution in [2.45, 2.75) is 12.8 Å². The van der Waals surface area contributed by atoms with Gasteiger partial charge in [-0.25, -0.2) is 8.78 Å². The zero-order chi connectivity index (χ0) is 13.0. The van der Waals surface area contributed by atoms with E-state index in [-0.39, 0.29) is 18.6 Å². The van der Waals surface area contributed by atoms with Crippen molar-refractivity contribution < 1.29 is 13.6 Å². The molecule has 18 heavy (non-hydrogen) atoms. The van der Waals surface area contributed by atoms with Gasteiger partial charge < -0.3 is 0 Å². The Hall–Kier alpha value is -2.03. The lowest BCUT2D eigenvalue weighted by Gasteiger charge is -2.03. The van der Waals surface area contributed by atoms with Gasteiger partial charge in [-0.05, 0) is 18.1 Å². The van der Waals surface area contributed by atoms with E-state index < -0.39 is 11.6 Å². The first-order chi connectivity index (χ1) is 8.66. The largest absolute Gasteiger partial charge is 0.294 e. The molecule has 3 heteroatoms. The Morgan fingerprint density at radius 2 is 1.72 bits per heavy atom. The summed E-state index contributed by atoms with van der Waals surface area (Å²) < 4.78 is 26.1. The van der Waals surface area contributed by atoms with Gasteiger partial charge >= 0.3 is 0 Å². The van der Waals surface area contributed by atoms with Crippen LogP contribution in [0.4, 0.5) is 8.78 Å². The molecule has 2 rings (SSSR count). The van der Waals surface area contributed by atoms with Gasteiger partial charge in [-0.3, -0.25) is 4.79 Å². The van der Waals surface area contributed by atoms with E-state index in [1.807, 2.05) is 6.07 Å². The average Bonchev–Trinajstić information content (AvgIpc) is 2.38. The third-order valence-corrected chi connectivity index (χ3v) is 2.73. The number of hydrogen-bond acceptors (Lipinski definition) is 1. The lowest BCUT2D eigenvalue weighted by molar-refractivity contribution is 0.0982. The SMILES string of the molecule is O=C(CCc1ccc(F)cc1F)c1ccccc1. The van der Waals surface area contributed by atoms with Crippen molar-refractivity contribution in [1.29, 1.82) is 0 Å². The molecule has 0 amide bonds. The highest BCUT2D eigenvalue weighted by Crippen LogP contribution is 2.13. The summed E-state index contributed by atoms with van der Waals surface area (Å²) in [5.41, 5.74) is 0.973. The van der Waals surface area contributed by atoms with E-state index in [0.29, 0.717) is 11.1 Å². The molecule has 0 aliphatic heterocycles. The third kappa shape index (κ3) is 3.00. The van der Waals surface area contributed by atoms with Crippen molar-refractivity contribution in [2.75, 3.05) is 0 Å². The summed E-state index contributed by atoms with van der Waals surface area (Å²) in [4.78, 5) is 11.8. The predicted molar refractivity (Wildman–Crippen MR) is 65.5 cm³/mol. The summed E-state index contributed by atoms with van der Waals surface area (Å²) >= 11 is 0. The Morgan fingerprint density at radius 1 is 1.00 bits per heavy atom. The molecule has 0 spiro atoms. The molecule has 2 aromatic carbocycles. The Labute approximate surface area is 104 Å². The smallest absolute Gasteiger partial charge is 0.163 e. The predicted octanol–water partition coefficient (Wildman–Crippen LogP) is 3.78. The van der Waals surface area contributed by atoms with E-state index >= 15 is 0 Å². The van der Waals surface area contributed by atoms with Gasteiger partial charge in [-0.1, -0.05) is 36.4 Å². The van der Waals surface area contributed by atoms with Gasteiger partial charge in [0.15, 0.2) is 5.78 Å². The molecule has 0 radical (unpaired) electrons. The standard InChI is InChI=1S/C15H12F2O/c16-13-8-6-11(14(17)10-13)7-9-15(18)12-4-2-1-3-5-12/h1-6,8,10H,7,9H2. The van der Waals surface area contributed by atoms with Crippen LogP contribution in [0.2, 0.25) is 0 Å². The first kappa shape index (κ1) is 12.4. The van der Waals surface area contributed by atoms with Crippen molar-refractivity contribution in [2.24, 2.45) is 0 Å². The summed E-state index contributed by atoms with van der Waals surface area (Å²) in [5.74, 6) is -1.25. The highest BCUT2D eigenvalue weighted by molar-refractivity contribution is 5.96. The molecule has 92 valence electrons. The van der Waals surface area contributed by atoms with Crippen molar-refractivity contribution in [3.05, 3.63) is 71.3 Å². The molecule has 0 heterocycles. The van der Waals surface area contributed by atoms with Crippen molar-refractivity contribution in [3.8, 4) is 0 Å². The lowest BCUT2D eigenvalue weighted by Crippen LogP contribution is -2.02. The minimum absolute atomic E-state index is 0.0423. The first-order valence-corrected chi connectivity index (χ1v) is 5.69. The molecule has 0 saturated heterocycles. The Balaban J connectivity index is 2.02. The fourth-order valence-corrected chi connectivity index (χ4v) is 1.74. The molecule has 0 saturated carbocycles. The zero-order valence-corrected chi connectivity index (χ0v) is 9.70. The van der Waals surface area contributed by atoms with E-state index in [1.165, 1.54) is 12.1 Å². The minimum atomic E-state index is -0.606. The third-order valence-electron chi connectivity index (χ3n) is 2.73. The Kier molecular flexibility index (Phi) is 3.82. The molecule has 2 aromatic rings. The quantitative estimate of drug-likeness (QED) is 0.750. The van der Waals surface area contributed by atoms with Crippen molar-refractivity contribution >= 4 is 5.78 Å². The maximum absolute atomic E-state index is 13.4. The van der Waals surface area contributed by atoms with Crippen LogP contribution in [0, 0.1) is 11.6 Å². The van der Waals surface area contributed by atoms with Crippen LogP contribution in [0.15, 0.2) is 48.5 Å². The molecule has 0 unspecified atom stereocenters. The van der Waals surface area contributed by atoms with E-state index in [2.05, 4.69) is 0 Å². The molecule has 0 aliphatic rings. The molecule has 0 aromatic heterocycles. The average molecular weight is 246 g/mol. The van der Waals surface area contributed by atoms with Crippen LogP contribution in [-0.2, 0) is 6.42 Å². The maximum atomic E-state index is 13.4. The number of benzene rings is 2. The van der Waals surface area contributed by atoms with Gasteiger partial charge in [0, 0.05) is 18.1 Å². The fourth-order valence-electron chi connectivity index (χ4n) is 1.74. The van der Waals surface area contributed by atoms with E-state index in [0.717, 1.165) is 6.07 Å². The number of halogens is 2. The number of aryl methyl sites for hydroxylation is 1. The number of carbonyl (C=O) groups is 1. The second-order valence-corrected chi connectivity index (χ2v) is 4.02. The van der Waals surface area contributed by atoms with Crippen LogP contribution < -0.4 is 0 Å². The van der Waals surface area contributed by atoms with Gasteiger partial charge in [0.2, 0.25) is 0 Å². The zero-order valence-electron chi connectivity index (χ0n) is 9.70. The lowest BCUT2D eigenvalue weighted by atomic mass is 10.0. The van der Waals surface area contributed by atoms with Crippen LogP contribution in [0.1, 0.15) is 22.3 Å². The molecule has 0 fully saturated rings. The molecule has 0 aliphatic carbocycles. The Morgan fingerprint density at radius 3 is 2.39 bits per heavy atom. The molecular formula is C15H12F2O. The van der Waals surface area contributed by atoms with Crippen LogP contribution in [0.5, 0.6) is 0 Å². The molecular weight excluding hydrogens is 234 g/mol. The normalized spacial score (nSPS) is 10.3. The fraction of sp³-hybridized carbons (Fsp3) is 0.133. The summed E-state index contributed by atoms with van der Waals surface area (Å²) in [6.07, 6.45) is 0.492. The van der Waals surface area contributed by atoms with Gasteiger partial charge in [0.1, 0.15) is 11.6 Å². The topological polar surface area (TPSA) is 17.1 Å². The van der Waals surface area contributed by atoms with Crippen LogP contribution in [0.25, 0.3) is 0 Å². The Bertz CT molecular complexity index is 550. The van der Waals surface area contributed by atoms with Crippen LogP contribution in [-0.4, -0.2) is 5.78 Å². The van der Waals surface area contributed by atoms with Crippen LogP contribution >= 0.6 is 0 Å².